The molecule has 4 nitrogen and oxygen atoms in total. The molecule has 2 rings (SSSR count). The highest BCUT2D eigenvalue weighted by Gasteiger charge is 2.54. The maximum absolute atomic E-state index is 9.85. The first-order valence-corrected chi connectivity index (χ1v) is 6.37. The normalized spacial score (nSPS) is 52.3. The van der Waals surface area contributed by atoms with E-state index < -0.39 is 18.2 Å². The van der Waals surface area contributed by atoms with Crippen LogP contribution in [0.15, 0.2) is 0 Å². The van der Waals surface area contributed by atoms with Crippen molar-refractivity contribution >= 4 is 22.6 Å². The van der Waals surface area contributed by atoms with Crippen LogP contribution in [0.2, 0.25) is 0 Å². The van der Waals surface area contributed by atoms with Crippen LogP contribution in [0.5, 0.6) is 0 Å². The summed E-state index contributed by atoms with van der Waals surface area (Å²) in [6.45, 7) is 3.86. The molecule has 0 aromatic heterocycles. The van der Waals surface area contributed by atoms with Gasteiger partial charge >= 0.3 is 0 Å². The molecule has 0 radical (unpaired) electrons. The molecule has 0 aromatic carbocycles. The molecule has 0 amide bonds. The minimum absolute atomic E-state index is 0.160. The molecule has 2 saturated heterocycles. The summed E-state index contributed by atoms with van der Waals surface area (Å²) in [5.74, 6) is -0.591. The Morgan fingerprint density at radius 1 is 1.43 bits per heavy atom. The van der Waals surface area contributed by atoms with Gasteiger partial charge in [-0.25, -0.2) is 0 Å². The van der Waals surface area contributed by atoms with Gasteiger partial charge in [0.15, 0.2) is 12.1 Å². The zero-order chi connectivity index (χ0) is 10.3. The van der Waals surface area contributed by atoms with E-state index in [-0.39, 0.29) is 12.2 Å². The van der Waals surface area contributed by atoms with Crippen molar-refractivity contribution in [2.75, 3.05) is 4.43 Å². The third-order valence-electron chi connectivity index (χ3n) is 2.84. The van der Waals surface area contributed by atoms with Crippen LogP contribution < -0.4 is 0 Å². The Balaban J connectivity index is 2.05. The summed E-state index contributed by atoms with van der Waals surface area (Å²) in [4.78, 5) is 0. The molecule has 1 N–H and O–H groups in total. The fraction of sp³-hybridized carbons (Fsp3) is 1.00. The lowest BCUT2D eigenvalue weighted by Crippen LogP contribution is -2.36. The molecule has 0 bridgehead atoms. The van der Waals surface area contributed by atoms with Gasteiger partial charge in [0.25, 0.3) is 0 Å². The van der Waals surface area contributed by atoms with E-state index >= 15 is 0 Å². The molecular weight excluding hydrogens is 299 g/mol. The predicted molar refractivity (Wildman–Crippen MR) is 58.2 cm³/mol. The van der Waals surface area contributed by atoms with Gasteiger partial charge in [-0.15, -0.1) is 0 Å². The molecule has 5 heteroatoms. The predicted octanol–water partition coefficient (Wildman–Crippen LogP) is 1.05. The molecule has 2 aliphatic heterocycles. The molecule has 82 valence electrons. The van der Waals surface area contributed by atoms with Gasteiger partial charge in [-0.3, -0.25) is 0 Å². The lowest BCUT2D eigenvalue weighted by Gasteiger charge is -2.24. The number of alkyl halides is 1. The van der Waals surface area contributed by atoms with E-state index in [1.807, 2.05) is 13.8 Å². The Labute approximate surface area is 97.0 Å². The fourth-order valence-electron chi connectivity index (χ4n) is 1.78. The Bertz CT molecular complexity index is 225. The maximum atomic E-state index is 9.85. The zero-order valence-corrected chi connectivity index (χ0v) is 10.4. The van der Waals surface area contributed by atoms with Crippen molar-refractivity contribution < 1.29 is 19.3 Å². The maximum Gasteiger partial charge on any atom is 0.190 e. The molecule has 14 heavy (non-hydrogen) atoms. The third-order valence-corrected chi connectivity index (χ3v) is 3.71. The summed E-state index contributed by atoms with van der Waals surface area (Å²) in [6.07, 6.45) is -0.683. The second-order valence-electron chi connectivity index (χ2n) is 3.88. The van der Waals surface area contributed by atoms with Crippen molar-refractivity contribution in [1.82, 2.24) is 0 Å². The third kappa shape index (κ3) is 1.69. The molecular formula is C9H15IO4. The van der Waals surface area contributed by atoms with Crippen molar-refractivity contribution in [1.29, 1.82) is 0 Å². The Kier molecular flexibility index (Phi) is 3.05. The highest BCUT2D eigenvalue weighted by atomic mass is 127. The quantitative estimate of drug-likeness (QED) is 0.611. The van der Waals surface area contributed by atoms with Gasteiger partial charge in [0.05, 0.1) is 6.10 Å². The summed E-state index contributed by atoms with van der Waals surface area (Å²) in [6, 6.07) is 0. The number of hydrogen-bond acceptors (Lipinski definition) is 4. The number of aliphatic hydroxyl groups excluding tert-OH is 1. The molecule has 2 aliphatic rings. The fourth-order valence-corrected chi connectivity index (χ4v) is 2.51. The Morgan fingerprint density at radius 2 is 2.14 bits per heavy atom. The molecule has 0 spiro atoms. The molecule has 2 fully saturated rings. The van der Waals surface area contributed by atoms with E-state index in [2.05, 4.69) is 22.6 Å². The van der Waals surface area contributed by atoms with Crippen molar-refractivity contribution in [2.45, 2.75) is 50.7 Å². The summed E-state index contributed by atoms with van der Waals surface area (Å²) < 4.78 is 17.6. The molecule has 0 saturated carbocycles. The molecule has 1 unspecified atom stereocenters. The van der Waals surface area contributed by atoms with E-state index in [0.717, 1.165) is 10.8 Å². The average molecular weight is 314 g/mol. The van der Waals surface area contributed by atoms with E-state index in [4.69, 9.17) is 14.2 Å². The summed E-state index contributed by atoms with van der Waals surface area (Å²) >= 11 is 2.19. The number of ether oxygens (including phenoxy) is 3. The van der Waals surface area contributed by atoms with E-state index in [0.29, 0.717) is 0 Å². The average Bonchev–Trinajstić information content (AvgIpc) is 2.64. The van der Waals surface area contributed by atoms with Gasteiger partial charge < -0.3 is 19.3 Å². The first-order valence-electron chi connectivity index (χ1n) is 4.85. The first-order chi connectivity index (χ1) is 6.59. The lowest BCUT2D eigenvalue weighted by atomic mass is 10.1. The van der Waals surface area contributed by atoms with Crippen LogP contribution in [0.25, 0.3) is 0 Å². The van der Waals surface area contributed by atoms with Crippen LogP contribution in [0.3, 0.4) is 0 Å². The largest absolute Gasteiger partial charge is 0.387 e. The van der Waals surface area contributed by atoms with Gasteiger partial charge in [-0.2, -0.15) is 0 Å². The minimum atomic E-state index is -0.591. The number of hydrogen-bond donors (Lipinski definition) is 1. The van der Waals surface area contributed by atoms with Crippen molar-refractivity contribution in [3.05, 3.63) is 0 Å². The van der Waals surface area contributed by atoms with Crippen LogP contribution in [0.1, 0.15) is 20.3 Å². The second-order valence-corrected chi connectivity index (χ2v) is 4.76. The zero-order valence-electron chi connectivity index (χ0n) is 8.27. The topological polar surface area (TPSA) is 47.9 Å². The molecule has 5 atom stereocenters. The van der Waals surface area contributed by atoms with Gasteiger partial charge in [-0.05, 0) is 13.3 Å². The Hall–Kier alpha value is 0.570. The number of halogens is 1. The van der Waals surface area contributed by atoms with Crippen LogP contribution in [0.4, 0.5) is 0 Å². The van der Waals surface area contributed by atoms with E-state index in [1.54, 1.807) is 0 Å². The van der Waals surface area contributed by atoms with Crippen molar-refractivity contribution in [3.63, 3.8) is 0 Å². The standard InChI is InChI=1S/C9H15IO4/c1-3-9(2)13-7-6(11)5(4-10)12-8(7)14-9/h5-8,11H,3-4H2,1-2H3/t5-,6+,7-,8-,9?/m1/s1. The summed E-state index contributed by atoms with van der Waals surface area (Å²) in [5, 5.41) is 9.85. The van der Waals surface area contributed by atoms with Crippen LogP contribution in [0, 0.1) is 0 Å². The number of rotatable bonds is 2. The molecule has 2 heterocycles. The van der Waals surface area contributed by atoms with E-state index in [1.165, 1.54) is 0 Å². The Morgan fingerprint density at radius 3 is 2.64 bits per heavy atom. The van der Waals surface area contributed by atoms with Crippen LogP contribution in [-0.4, -0.2) is 39.9 Å². The SMILES string of the molecule is CCC1(C)O[C@H]2O[C@H](CI)[C@H](O)[C@H]2O1. The summed E-state index contributed by atoms with van der Waals surface area (Å²) in [7, 11) is 0. The van der Waals surface area contributed by atoms with Gasteiger partial charge in [0.1, 0.15) is 12.2 Å². The van der Waals surface area contributed by atoms with Gasteiger partial charge in [0.2, 0.25) is 0 Å². The molecule has 0 aliphatic carbocycles. The van der Waals surface area contributed by atoms with E-state index in [9.17, 15) is 5.11 Å². The summed E-state index contributed by atoms with van der Waals surface area (Å²) in [5.41, 5.74) is 0. The monoisotopic (exact) mass is 314 g/mol. The highest BCUT2D eigenvalue weighted by Crippen LogP contribution is 2.39. The highest BCUT2D eigenvalue weighted by molar-refractivity contribution is 14.1. The van der Waals surface area contributed by atoms with Crippen molar-refractivity contribution in [2.24, 2.45) is 0 Å². The minimum Gasteiger partial charge on any atom is -0.387 e. The van der Waals surface area contributed by atoms with Crippen molar-refractivity contribution in [3.8, 4) is 0 Å². The van der Waals surface area contributed by atoms with Gasteiger partial charge in [-0.1, -0.05) is 29.5 Å². The first kappa shape index (κ1) is 11.1. The lowest BCUT2D eigenvalue weighted by molar-refractivity contribution is -0.222. The van der Waals surface area contributed by atoms with Gasteiger partial charge in [0, 0.05) is 4.43 Å². The number of fused-ring (bicyclic) bond motifs is 1. The molecule has 0 aromatic rings. The smallest absolute Gasteiger partial charge is 0.190 e. The van der Waals surface area contributed by atoms with Crippen LogP contribution in [-0.2, 0) is 14.2 Å². The number of aliphatic hydroxyl groups is 1. The second kappa shape index (κ2) is 3.86. The van der Waals surface area contributed by atoms with Crippen LogP contribution >= 0.6 is 22.6 Å².